The Bertz CT molecular complexity index is 1320. The minimum Gasteiger partial charge on any atom is -0.379 e. The Morgan fingerprint density at radius 1 is 1.11 bits per heavy atom. The summed E-state index contributed by atoms with van der Waals surface area (Å²) < 4.78 is 38.4. The first kappa shape index (κ1) is 33.1. The highest BCUT2D eigenvalue weighted by Gasteiger charge is 2.52. The third-order valence-corrected chi connectivity index (χ3v) is 8.20. The third-order valence-electron chi connectivity index (χ3n) is 8.20. The molecule has 0 aromatic heterocycles. The van der Waals surface area contributed by atoms with E-state index in [0.717, 1.165) is 12.1 Å². The molecule has 1 saturated carbocycles. The molecule has 0 bridgehead atoms. The molecule has 2 fully saturated rings. The van der Waals surface area contributed by atoms with Crippen molar-refractivity contribution < 1.29 is 42.2 Å². The Morgan fingerprint density at radius 2 is 1.86 bits per heavy atom. The number of rotatable bonds is 14. The van der Waals surface area contributed by atoms with Crippen LogP contribution in [0, 0.1) is 29.1 Å². The summed E-state index contributed by atoms with van der Waals surface area (Å²) >= 11 is 0. The number of carbonyl (C=O) groups excluding carboxylic acids is 5. The van der Waals surface area contributed by atoms with Gasteiger partial charge in [0.25, 0.3) is 5.91 Å². The number of nitrogens with zero attached hydrogens (tertiary/aromatic N) is 2. The number of likely N-dealkylation sites (N-methyl/N-ethyl adjacent to an activating group) is 1. The molecule has 1 saturated heterocycles. The van der Waals surface area contributed by atoms with Crippen molar-refractivity contribution in [3.05, 3.63) is 34.9 Å². The summed E-state index contributed by atoms with van der Waals surface area (Å²) in [7, 11) is 1.82. The van der Waals surface area contributed by atoms with E-state index in [9.17, 15) is 38.0 Å². The van der Waals surface area contributed by atoms with E-state index in [1.54, 1.807) is 24.3 Å². The van der Waals surface area contributed by atoms with Gasteiger partial charge in [0.1, 0.15) is 0 Å². The number of amides is 4. The number of halogens is 2. The predicted octanol–water partition coefficient (Wildman–Crippen LogP) is 1.08. The maximum absolute atomic E-state index is 13.9. The summed E-state index contributed by atoms with van der Waals surface area (Å²) in [6, 6.07) is 5.75. The molecule has 4 amide bonds. The van der Waals surface area contributed by atoms with Gasteiger partial charge in [0, 0.05) is 56.3 Å². The monoisotopic (exact) mass is 617 g/mol. The van der Waals surface area contributed by atoms with E-state index in [2.05, 4.69) is 16.0 Å². The van der Waals surface area contributed by atoms with Crippen molar-refractivity contribution in [2.75, 3.05) is 40.0 Å². The molecule has 0 radical (unpaired) electrons. The number of imide groups is 1. The van der Waals surface area contributed by atoms with E-state index in [1.165, 1.54) is 4.90 Å². The number of hydrogen-bond donors (Lipinski definition) is 3. The summed E-state index contributed by atoms with van der Waals surface area (Å²) in [4.78, 5) is 65.4. The SMILES string of the molecule is CNCCOCCOCCC(=O)NC(=O)c1cccc2c1CN(C(=O)C[C@@H]1C[C@@H](C(=O)C3CC(F)(F)C[C@H]3C#N)NC1=O)C2. The average molecular weight is 618 g/mol. The van der Waals surface area contributed by atoms with Crippen molar-refractivity contribution in [1.29, 1.82) is 5.26 Å². The van der Waals surface area contributed by atoms with E-state index in [1.807, 2.05) is 7.05 Å². The number of carbonyl (C=O) groups is 5. The molecule has 2 aliphatic heterocycles. The molecule has 1 aliphatic carbocycles. The van der Waals surface area contributed by atoms with Gasteiger partial charge >= 0.3 is 0 Å². The van der Waals surface area contributed by atoms with Gasteiger partial charge in [0.15, 0.2) is 5.78 Å². The molecule has 0 spiro atoms. The first-order chi connectivity index (χ1) is 21.0. The molecule has 4 atom stereocenters. The third kappa shape index (κ3) is 8.22. The van der Waals surface area contributed by atoms with Crippen LogP contribution in [-0.2, 0) is 41.7 Å². The number of fused-ring (bicyclic) bond motifs is 1. The van der Waals surface area contributed by atoms with Crippen LogP contribution in [0.15, 0.2) is 18.2 Å². The van der Waals surface area contributed by atoms with Crippen molar-refractivity contribution in [3.8, 4) is 6.07 Å². The molecule has 1 aromatic carbocycles. The quantitative estimate of drug-likeness (QED) is 0.259. The van der Waals surface area contributed by atoms with Gasteiger partial charge in [0.05, 0.1) is 50.9 Å². The van der Waals surface area contributed by atoms with Gasteiger partial charge in [0.2, 0.25) is 23.6 Å². The van der Waals surface area contributed by atoms with Gasteiger partial charge in [-0.25, -0.2) is 8.78 Å². The van der Waals surface area contributed by atoms with Gasteiger partial charge < -0.3 is 25.0 Å². The number of nitrogens with one attached hydrogen (secondary N) is 3. The Labute approximate surface area is 253 Å². The first-order valence-electron chi connectivity index (χ1n) is 14.7. The number of ketones is 1. The van der Waals surface area contributed by atoms with Crippen LogP contribution in [0.1, 0.15) is 53.6 Å². The van der Waals surface area contributed by atoms with Gasteiger partial charge in [-0.1, -0.05) is 12.1 Å². The highest BCUT2D eigenvalue weighted by atomic mass is 19.3. The second-order valence-electron chi connectivity index (χ2n) is 11.4. The fraction of sp³-hybridized carbons (Fsp3) is 0.600. The van der Waals surface area contributed by atoms with Crippen molar-refractivity contribution >= 4 is 29.4 Å². The van der Waals surface area contributed by atoms with Crippen LogP contribution in [-0.4, -0.2) is 86.3 Å². The summed E-state index contributed by atoms with van der Waals surface area (Å²) in [5, 5.41) is 17.1. The molecule has 3 N–H and O–H groups in total. The lowest BCUT2D eigenvalue weighted by Gasteiger charge is -2.18. The molecule has 44 heavy (non-hydrogen) atoms. The normalized spacial score (nSPS) is 23.6. The zero-order chi connectivity index (χ0) is 31.9. The van der Waals surface area contributed by atoms with Crippen LogP contribution < -0.4 is 16.0 Å². The van der Waals surface area contributed by atoms with Crippen LogP contribution >= 0.6 is 0 Å². The zero-order valence-electron chi connectivity index (χ0n) is 24.5. The lowest BCUT2D eigenvalue weighted by Crippen LogP contribution is -2.38. The standard InChI is InChI=1S/C30H37F2N5O7/c1-34-6-8-44-10-9-43-7-5-25(38)36-29(42)21-4-2-3-18-16-37(17-23(18)21)26(39)12-19-11-24(35-28(19)41)27(40)22-14-30(31,32)13-20(22)15-33/h2-4,19-20,22,24,34H,5-14,16-17H2,1H3,(H,35,41)(H,36,38,42)/t19-,20-,22?,24-/m0/s1. The van der Waals surface area contributed by atoms with Crippen LogP contribution in [0.3, 0.4) is 0 Å². The molecule has 1 aromatic rings. The van der Waals surface area contributed by atoms with Gasteiger partial charge in [-0.3, -0.25) is 29.3 Å². The summed E-state index contributed by atoms with van der Waals surface area (Å²) in [5.74, 6) is -8.81. The van der Waals surface area contributed by atoms with Crippen molar-refractivity contribution in [3.63, 3.8) is 0 Å². The maximum atomic E-state index is 13.9. The minimum atomic E-state index is -3.11. The average Bonchev–Trinajstić information content (AvgIpc) is 3.68. The molecule has 4 rings (SSSR count). The number of nitriles is 1. The van der Waals surface area contributed by atoms with Crippen LogP contribution in [0.2, 0.25) is 0 Å². The Balaban J connectivity index is 1.25. The number of benzene rings is 1. The molecule has 3 aliphatic rings. The smallest absolute Gasteiger partial charge is 0.258 e. The zero-order valence-corrected chi connectivity index (χ0v) is 24.5. The second kappa shape index (κ2) is 14.8. The predicted molar refractivity (Wildman–Crippen MR) is 150 cm³/mol. The molecule has 238 valence electrons. The highest BCUT2D eigenvalue weighted by Crippen LogP contribution is 2.44. The largest absolute Gasteiger partial charge is 0.379 e. The maximum Gasteiger partial charge on any atom is 0.258 e. The van der Waals surface area contributed by atoms with E-state index in [0.29, 0.717) is 25.4 Å². The molecule has 12 nitrogen and oxygen atoms in total. The van der Waals surface area contributed by atoms with Crippen molar-refractivity contribution in [1.82, 2.24) is 20.9 Å². The Morgan fingerprint density at radius 3 is 2.59 bits per heavy atom. The molecule has 1 unspecified atom stereocenters. The van der Waals surface area contributed by atoms with E-state index in [-0.39, 0.29) is 50.4 Å². The molecule has 2 heterocycles. The first-order valence-corrected chi connectivity index (χ1v) is 14.7. The minimum absolute atomic E-state index is 0.0187. The molecular formula is C30H37F2N5O7. The Hall–Kier alpha value is -3.80. The summed E-state index contributed by atoms with van der Waals surface area (Å²) in [6.45, 7) is 2.40. The lowest BCUT2D eigenvalue weighted by molar-refractivity contribution is -0.135. The van der Waals surface area contributed by atoms with Gasteiger partial charge in [-0.05, 0) is 30.7 Å². The molecule has 14 heteroatoms. The number of Topliss-reactive ketones (excluding diaryl/α,β-unsaturated/α-hetero) is 1. The second-order valence-corrected chi connectivity index (χ2v) is 11.4. The number of ether oxygens (including phenoxy) is 2. The van der Waals surface area contributed by atoms with Gasteiger partial charge in [-0.2, -0.15) is 5.26 Å². The van der Waals surface area contributed by atoms with Crippen LogP contribution in [0.4, 0.5) is 8.78 Å². The van der Waals surface area contributed by atoms with Crippen molar-refractivity contribution in [2.45, 2.75) is 57.2 Å². The van der Waals surface area contributed by atoms with E-state index in [4.69, 9.17) is 9.47 Å². The lowest BCUT2D eigenvalue weighted by atomic mass is 9.87. The fourth-order valence-electron chi connectivity index (χ4n) is 5.88. The topological polar surface area (TPSA) is 167 Å². The summed E-state index contributed by atoms with van der Waals surface area (Å²) in [5.41, 5.74) is 1.58. The van der Waals surface area contributed by atoms with E-state index >= 15 is 0 Å². The van der Waals surface area contributed by atoms with E-state index < -0.39 is 66.1 Å². The number of hydrogen-bond acceptors (Lipinski definition) is 9. The van der Waals surface area contributed by atoms with Gasteiger partial charge in [-0.15, -0.1) is 0 Å². The van der Waals surface area contributed by atoms with Crippen molar-refractivity contribution in [2.24, 2.45) is 17.8 Å². The highest BCUT2D eigenvalue weighted by molar-refractivity contribution is 6.06. The fourth-order valence-corrected chi connectivity index (χ4v) is 5.88. The molecular weight excluding hydrogens is 580 g/mol. The van der Waals surface area contributed by atoms with Crippen LogP contribution in [0.5, 0.6) is 0 Å². The Kier molecular flexibility index (Phi) is 11.1. The van der Waals surface area contributed by atoms with Crippen LogP contribution in [0.25, 0.3) is 0 Å². The number of alkyl halides is 2. The summed E-state index contributed by atoms with van der Waals surface area (Å²) in [6.07, 6.45) is -1.66.